The smallest absolute Gasteiger partial charge is 0.294 e. The lowest BCUT2D eigenvalue weighted by Gasteiger charge is -2.60. The fourth-order valence-corrected chi connectivity index (χ4v) is 7.86. The predicted octanol–water partition coefficient (Wildman–Crippen LogP) is 2.32. The molecule has 3 fully saturated rings. The van der Waals surface area contributed by atoms with Crippen molar-refractivity contribution in [3.05, 3.63) is 11.6 Å². The van der Waals surface area contributed by atoms with Crippen LogP contribution in [0.1, 0.15) is 58.8 Å². The van der Waals surface area contributed by atoms with Crippen molar-refractivity contribution in [1.29, 1.82) is 0 Å². The molecular weight excluding hydrogens is 416 g/mol. The highest BCUT2D eigenvalue weighted by atomic mass is 16.6. The summed E-state index contributed by atoms with van der Waals surface area (Å²) in [6.07, 6.45) is 5.45. The molecule has 7 atom stereocenters. The van der Waals surface area contributed by atoms with E-state index in [0.29, 0.717) is 45.0 Å². The largest absolute Gasteiger partial charge is 0.464 e. The molecule has 0 aromatic rings. The van der Waals surface area contributed by atoms with Gasteiger partial charge in [-0.2, -0.15) is 0 Å². The molecule has 4 aliphatic rings. The van der Waals surface area contributed by atoms with Gasteiger partial charge in [0, 0.05) is 17.8 Å². The average Bonchev–Trinajstić information content (AvgIpc) is 3.05. The molecule has 8 heteroatoms. The lowest BCUT2D eigenvalue weighted by molar-refractivity contribution is -0.200. The molecule has 0 spiro atoms. The van der Waals surface area contributed by atoms with Crippen LogP contribution in [0.15, 0.2) is 11.6 Å². The highest BCUT2D eigenvalue weighted by Crippen LogP contribution is 2.68. The first-order valence-corrected chi connectivity index (χ1v) is 11.3. The number of Topliss-reactive ketones (excluding diaryl/α,β-unsaturated/α-hetero) is 1. The Balaban J connectivity index is 1.77. The number of carbonyl (C=O) groups is 5. The van der Waals surface area contributed by atoms with Gasteiger partial charge in [-0.3, -0.25) is 24.0 Å². The second kappa shape index (κ2) is 8.12. The average molecular weight is 446 g/mol. The minimum Gasteiger partial charge on any atom is -0.464 e. The van der Waals surface area contributed by atoms with Gasteiger partial charge in [0.1, 0.15) is 6.10 Å². The Labute approximate surface area is 187 Å². The molecule has 0 amide bonds. The van der Waals surface area contributed by atoms with Gasteiger partial charge in [-0.1, -0.05) is 19.4 Å². The molecule has 32 heavy (non-hydrogen) atoms. The van der Waals surface area contributed by atoms with E-state index in [-0.39, 0.29) is 35.4 Å². The van der Waals surface area contributed by atoms with Gasteiger partial charge in [-0.25, -0.2) is 0 Å². The maximum Gasteiger partial charge on any atom is 0.294 e. The molecule has 174 valence electrons. The maximum atomic E-state index is 13.2. The lowest BCUT2D eigenvalue weighted by atomic mass is 9.45. The molecule has 0 aliphatic heterocycles. The predicted molar refractivity (Wildman–Crippen MR) is 110 cm³/mol. The normalized spacial score (nSPS) is 42.4. The molecule has 4 aliphatic carbocycles. The monoisotopic (exact) mass is 446 g/mol. The number of hydrogen-bond donors (Lipinski definition) is 0. The molecule has 0 aromatic carbocycles. The minimum atomic E-state index is -1.43. The molecule has 0 bridgehead atoms. The first-order chi connectivity index (χ1) is 15.3. The molecule has 8 nitrogen and oxygen atoms in total. The third-order valence-corrected chi connectivity index (χ3v) is 9.21. The van der Waals surface area contributed by atoms with E-state index in [0.717, 1.165) is 18.4 Å². The Hall–Kier alpha value is -2.51. The van der Waals surface area contributed by atoms with Crippen LogP contribution in [0, 0.1) is 28.6 Å². The second-order valence-corrected chi connectivity index (χ2v) is 10.2. The zero-order chi connectivity index (χ0) is 23.1. The van der Waals surface area contributed by atoms with Crippen LogP contribution in [0.25, 0.3) is 0 Å². The number of allylic oxidation sites excluding steroid dienone is 1. The van der Waals surface area contributed by atoms with Crippen LogP contribution in [0.5, 0.6) is 0 Å². The summed E-state index contributed by atoms with van der Waals surface area (Å²) >= 11 is 0. The molecule has 0 heterocycles. The molecule has 0 aromatic heterocycles. The first kappa shape index (κ1) is 22.7. The number of rotatable bonds is 8. The van der Waals surface area contributed by atoms with Gasteiger partial charge in [0.15, 0.2) is 18.0 Å². The second-order valence-electron chi connectivity index (χ2n) is 10.2. The van der Waals surface area contributed by atoms with E-state index >= 15 is 0 Å². The van der Waals surface area contributed by atoms with Crippen LogP contribution in [0.3, 0.4) is 0 Å². The Bertz CT molecular complexity index is 864. The van der Waals surface area contributed by atoms with Crippen molar-refractivity contribution < 1.29 is 38.2 Å². The van der Waals surface area contributed by atoms with Gasteiger partial charge in [0.25, 0.3) is 19.4 Å². The van der Waals surface area contributed by atoms with Crippen LogP contribution in [0.2, 0.25) is 0 Å². The summed E-state index contributed by atoms with van der Waals surface area (Å²) in [4.78, 5) is 59.0. The topological polar surface area (TPSA) is 113 Å². The van der Waals surface area contributed by atoms with Crippen molar-refractivity contribution >= 4 is 31.0 Å². The van der Waals surface area contributed by atoms with Crippen LogP contribution >= 0.6 is 0 Å². The van der Waals surface area contributed by atoms with Gasteiger partial charge >= 0.3 is 0 Å². The third-order valence-electron chi connectivity index (χ3n) is 9.21. The van der Waals surface area contributed by atoms with E-state index in [1.54, 1.807) is 6.08 Å². The Morgan fingerprint density at radius 2 is 1.88 bits per heavy atom. The fourth-order valence-electron chi connectivity index (χ4n) is 7.86. The standard InChI is InChI=1S/C24H30O8/c1-22-7-5-16(28)9-15(22)3-4-17-18-6-8-24(32-14-27,20(29)11-30-12-25)23(18,2)10-19(21(17)22)31-13-26/h9,12-14,17-19,21H,3-8,10-11H2,1-2H3. The first-order valence-electron chi connectivity index (χ1n) is 11.3. The summed E-state index contributed by atoms with van der Waals surface area (Å²) in [5.74, 6) is -0.0753. The lowest BCUT2D eigenvalue weighted by Crippen LogP contribution is -2.63. The number of ketones is 2. The van der Waals surface area contributed by atoms with Crippen LogP contribution in [0.4, 0.5) is 0 Å². The molecule has 3 saturated carbocycles. The van der Waals surface area contributed by atoms with Crippen molar-refractivity contribution in [2.24, 2.45) is 28.6 Å². The van der Waals surface area contributed by atoms with Gasteiger partial charge in [0.05, 0.1) is 0 Å². The highest BCUT2D eigenvalue weighted by Gasteiger charge is 2.70. The summed E-state index contributed by atoms with van der Waals surface area (Å²) < 4.78 is 15.9. The summed E-state index contributed by atoms with van der Waals surface area (Å²) in [5.41, 5.74) is -1.33. The summed E-state index contributed by atoms with van der Waals surface area (Å²) in [6.45, 7) is 4.58. The Kier molecular flexibility index (Phi) is 5.75. The number of carbonyl (C=O) groups excluding carboxylic acids is 5. The number of hydrogen-bond acceptors (Lipinski definition) is 8. The molecule has 0 radical (unpaired) electrons. The van der Waals surface area contributed by atoms with Crippen molar-refractivity contribution in [2.75, 3.05) is 6.61 Å². The third kappa shape index (κ3) is 3.05. The molecule has 0 saturated heterocycles. The van der Waals surface area contributed by atoms with Crippen molar-refractivity contribution in [3.63, 3.8) is 0 Å². The number of ether oxygens (including phenoxy) is 3. The Morgan fingerprint density at radius 3 is 2.56 bits per heavy atom. The summed E-state index contributed by atoms with van der Waals surface area (Å²) in [6, 6.07) is 0. The fraction of sp³-hybridized carbons (Fsp3) is 0.708. The zero-order valence-electron chi connectivity index (χ0n) is 18.5. The van der Waals surface area contributed by atoms with E-state index < -0.39 is 29.5 Å². The summed E-state index contributed by atoms with van der Waals surface area (Å²) in [7, 11) is 0. The van der Waals surface area contributed by atoms with E-state index in [2.05, 4.69) is 6.92 Å². The number of fused-ring (bicyclic) bond motifs is 5. The molecular formula is C24H30O8. The quantitative estimate of drug-likeness (QED) is 0.412. The van der Waals surface area contributed by atoms with Crippen LogP contribution < -0.4 is 0 Å². The molecule has 7 unspecified atom stereocenters. The van der Waals surface area contributed by atoms with E-state index in [1.807, 2.05) is 6.92 Å². The van der Waals surface area contributed by atoms with E-state index in [4.69, 9.17) is 14.2 Å². The highest BCUT2D eigenvalue weighted by molar-refractivity contribution is 5.92. The van der Waals surface area contributed by atoms with Gasteiger partial charge < -0.3 is 14.2 Å². The van der Waals surface area contributed by atoms with Gasteiger partial charge in [-0.15, -0.1) is 0 Å². The minimum absolute atomic E-state index is 0.0206. The Morgan fingerprint density at radius 1 is 1.09 bits per heavy atom. The van der Waals surface area contributed by atoms with Crippen LogP contribution in [-0.2, 0) is 38.2 Å². The maximum absolute atomic E-state index is 13.2. The van der Waals surface area contributed by atoms with E-state index in [9.17, 15) is 24.0 Å². The van der Waals surface area contributed by atoms with Crippen molar-refractivity contribution in [2.45, 2.75) is 70.5 Å². The SMILES string of the molecule is CC12CCC(=O)C=C1CCC1C2C(OC=O)CC2(C)C1CCC2(OC=O)C(=O)COC=O. The van der Waals surface area contributed by atoms with Gasteiger partial charge in [0.2, 0.25) is 5.78 Å². The van der Waals surface area contributed by atoms with Crippen molar-refractivity contribution in [1.82, 2.24) is 0 Å². The van der Waals surface area contributed by atoms with E-state index in [1.165, 1.54) is 0 Å². The molecule has 0 N–H and O–H groups in total. The molecule has 4 rings (SSSR count). The zero-order valence-corrected chi connectivity index (χ0v) is 18.5. The van der Waals surface area contributed by atoms with Crippen LogP contribution in [-0.4, -0.2) is 49.3 Å². The summed E-state index contributed by atoms with van der Waals surface area (Å²) in [5, 5.41) is 0. The van der Waals surface area contributed by atoms with Crippen molar-refractivity contribution in [3.8, 4) is 0 Å². The van der Waals surface area contributed by atoms with Gasteiger partial charge in [-0.05, 0) is 61.9 Å².